The summed E-state index contributed by atoms with van der Waals surface area (Å²) in [5, 5.41) is 6.31. The van der Waals surface area contributed by atoms with Crippen molar-refractivity contribution < 1.29 is 4.79 Å². The lowest BCUT2D eigenvalue weighted by atomic mass is 9.99. The molecule has 1 amide bonds. The number of hydrogen-bond acceptors (Lipinski definition) is 3. The average molecular weight is 247 g/mol. The van der Waals surface area contributed by atoms with Crippen LogP contribution < -0.4 is 15.5 Å². The van der Waals surface area contributed by atoms with Gasteiger partial charge in [0.25, 0.3) is 0 Å². The molecular weight excluding hydrogens is 226 g/mol. The van der Waals surface area contributed by atoms with Crippen molar-refractivity contribution in [2.45, 2.75) is 25.3 Å². The highest BCUT2D eigenvalue weighted by molar-refractivity contribution is 6.00. The van der Waals surface area contributed by atoms with E-state index in [1.807, 2.05) is 50.2 Å². The maximum absolute atomic E-state index is 12.3. The number of rotatable bonds is 3. The molecule has 0 spiro atoms. The van der Waals surface area contributed by atoms with E-state index in [0.29, 0.717) is 0 Å². The third-order valence-corrected chi connectivity index (χ3v) is 3.50. The van der Waals surface area contributed by atoms with Crippen LogP contribution in [0.1, 0.15) is 19.8 Å². The summed E-state index contributed by atoms with van der Waals surface area (Å²) in [5.74, 6) is 0.0503. The quantitative estimate of drug-likeness (QED) is 0.856. The summed E-state index contributed by atoms with van der Waals surface area (Å²) in [6.45, 7) is 2.88. The minimum Gasteiger partial charge on any atom is -0.376 e. The van der Waals surface area contributed by atoms with E-state index < -0.39 is 5.54 Å². The SMILES string of the molecule is CN(C)c1ccccc1NC(=O)C1(C)CCCN1. The molecule has 0 saturated carbocycles. The van der Waals surface area contributed by atoms with E-state index in [1.54, 1.807) is 0 Å². The molecular formula is C14H21N3O. The first-order valence-electron chi connectivity index (χ1n) is 6.36. The number of amides is 1. The van der Waals surface area contributed by atoms with E-state index in [1.165, 1.54) is 0 Å². The summed E-state index contributed by atoms with van der Waals surface area (Å²) in [7, 11) is 3.95. The highest BCUT2D eigenvalue weighted by Crippen LogP contribution is 2.26. The topological polar surface area (TPSA) is 44.4 Å². The summed E-state index contributed by atoms with van der Waals surface area (Å²) in [6, 6.07) is 7.85. The van der Waals surface area contributed by atoms with Crippen molar-refractivity contribution in [1.82, 2.24) is 5.32 Å². The lowest BCUT2D eigenvalue weighted by Gasteiger charge is -2.25. The predicted molar refractivity (Wildman–Crippen MR) is 75.0 cm³/mol. The van der Waals surface area contributed by atoms with Crippen molar-refractivity contribution in [3.63, 3.8) is 0 Å². The number of hydrogen-bond donors (Lipinski definition) is 2. The van der Waals surface area contributed by atoms with E-state index in [-0.39, 0.29) is 5.91 Å². The molecule has 1 aliphatic rings. The van der Waals surface area contributed by atoms with Crippen LogP contribution in [-0.2, 0) is 4.79 Å². The Kier molecular flexibility index (Phi) is 3.57. The van der Waals surface area contributed by atoms with Gasteiger partial charge in [0.05, 0.1) is 16.9 Å². The Bertz CT molecular complexity index is 436. The van der Waals surface area contributed by atoms with Gasteiger partial charge in [-0.1, -0.05) is 12.1 Å². The average Bonchev–Trinajstić information content (AvgIpc) is 2.78. The lowest BCUT2D eigenvalue weighted by molar-refractivity contribution is -0.121. The second-order valence-electron chi connectivity index (χ2n) is 5.23. The van der Waals surface area contributed by atoms with Crippen LogP contribution in [0.4, 0.5) is 11.4 Å². The molecule has 1 aromatic carbocycles. The zero-order valence-electron chi connectivity index (χ0n) is 11.3. The van der Waals surface area contributed by atoms with Crippen molar-refractivity contribution in [3.8, 4) is 0 Å². The van der Waals surface area contributed by atoms with Gasteiger partial charge in [-0.15, -0.1) is 0 Å². The third-order valence-electron chi connectivity index (χ3n) is 3.50. The predicted octanol–water partition coefficient (Wildman–Crippen LogP) is 1.83. The van der Waals surface area contributed by atoms with Crippen LogP contribution in [0.5, 0.6) is 0 Å². The van der Waals surface area contributed by atoms with Crippen LogP contribution in [0.3, 0.4) is 0 Å². The number of benzene rings is 1. The van der Waals surface area contributed by atoms with Crippen LogP contribution in [0, 0.1) is 0 Å². The molecule has 4 heteroatoms. The second-order valence-corrected chi connectivity index (χ2v) is 5.23. The molecule has 0 aromatic heterocycles. The number of carbonyl (C=O) groups is 1. The van der Waals surface area contributed by atoms with E-state index >= 15 is 0 Å². The Morgan fingerprint density at radius 2 is 2.11 bits per heavy atom. The molecule has 2 rings (SSSR count). The van der Waals surface area contributed by atoms with Gasteiger partial charge in [-0.25, -0.2) is 0 Å². The Morgan fingerprint density at radius 3 is 2.72 bits per heavy atom. The second kappa shape index (κ2) is 4.98. The Morgan fingerprint density at radius 1 is 1.39 bits per heavy atom. The van der Waals surface area contributed by atoms with Crippen LogP contribution in [0.25, 0.3) is 0 Å². The van der Waals surface area contributed by atoms with Crippen LogP contribution in [0.2, 0.25) is 0 Å². The number of carbonyl (C=O) groups excluding carboxylic acids is 1. The van der Waals surface area contributed by atoms with E-state index in [0.717, 1.165) is 30.8 Å². The number of nitrogens with zero attached hydrogens (tertiary/aromatic N) is 1. The largest absolute Gasteiger partial charge is 0.376 e. The van der Waals surface area contributed by atoms with Gasteiger partial charge in [-0.3, -0.25) is 4.79 Å². The lowest BCUT2D eigenvalue weighted by Crippen LogP contribution is -2.48. The summed E-state index contributed by atoms with van der Waals surface area (Å²) in [4.78, 5) is 14.3. The molecule has 18 heavy (non-hydrogen) atoms. The zero-order chi connectivity index (χ0) is 13.2. The normalized spacial score (nSPS) is 22.8. The van der Waals surface area contributed by atoms with Gasteiger partial charge in [0.15, 0.2) is 0 Å². The maximum Gasteiger partial charge on any atom is 0.244 e. The van der Waals surface area contributed by atoms with Gasteiger partial charge in [-0.2, -0.15) is 0 Å². The molecule has 0 radical (unpaired) electrons. The molecule has 0 aliphatic carbocycles. The van der Waals surface area contributed by atoms with Crippen molar-refractivity contribution >= 4 is 17.3 Å². The number of anilines is 2. The molecule has 2 N–H and O–H groups in total. The molecule has 4 nitrogen and oxygen atoms in total. The highest BCUT2D eigenvalue weighted by Gasteiger charge is 2.36. The maximum atomic E-state index is 12.3. The molecule has 0 bridgehead atoms. The first kappa shape index (κ1) is 12.9. The van der Waals surface area contributed by atoms with Gasteiger partial charge in [0.1, 0.15) is 0 Å². The van der Waals surface area contributed by atoms with Gasteiger partial charge in [0, 0.05) is 14.1 Å². The van der Waals surface area contributed by atoms with E-state index in [9.17, 15) is 4.79 Å². The summed E-state index contributed by atoms with van der Waals surface area (Å²) in [5.41, 5.74) is 1.45. The first-order valence-corrected chi connectivity index (χ1v) is 6.36. The van der Waals surface area contributed by atoms with E-state index in [4.69, 9.17) is 0 Å². The molecule has 98 valence electrons. The van der Waals surface area contributed by atoms with Crippen molar-refractivity contribution in [3.05, 3.63) is 24.3 Å². The van der Waals surface area contributed by atoms with Crippen molar-refractivity contribution in [2.75, 3.05) is 30.9 Å². The summed E-state index contributed by atoms with van der Waals surface area (Å²) in [6.07, 6.45) is 1.95. The monoisotopic (exact) mass is 247 g/mol. The van der Waals surface area contributed by atoms with Crippen molar-refractivity contribution in [1.29, 1.82) is 0 Å². The molecule has 1 heterocycles. The van der Waals surface area contributed by atoms with Crippen LogP contribution in [-0.4, -0.2) is 32.1 Å². The molecule has 1 atom stereocenters. The third kappa shape index (κ3) is 2.48. The van der Waals surface area contributed by atoms with E-state index in [2.05, 4.69) is 10.6 Å². The summed E-state index contributed by atoms with van der Waals surface area (Å²) < 4.78 is 0. The Hall–Kier alpha value is -1.55. The molecule has 1 saturated heterocycles. The number of nitrogens with one attached hydrogen (secondary N) is 2. The number of para-hydroxylation sites is 2. The minimum atomic E-state index is -0.431. The van der Waals surface area contributed by atoms with Crippen LogP contribution in [0.15, 0.2) is 24.3 Å². The van der Waals surface area contributed by atoms with Gasteiger partial charge in [0.2, 0.25) is 5.91 Å². The highest BCUT2D eigenvalue weighted by atomic mass is 16.2. The fraction of sp³-hybridized carbons (Fsp3) is 0.500. The fourth-order valence-corrected chi connectivity index (χ4v) is 2.32. The van der Waals surface area contributed by atoms with Crippen molar-refractivity contribution in [2.24, 2.45) is 0 Å². The van der Waals surface area contributed by atoms with Crippen LogP contribution >= 0.6 is 0 Å². The van der Waals surface area contributed by atoms with Gasteiger partial charge in [-0.05, 0) is 38.4 Å². The zero-order valence-corrected chi connectivity index (χ0v) is 11.3. The smallest absolute Gasteiger partial charge is 0.244 e. The Labute approximate surface area is 108 Å². The standard InChI is InChI=1S/C14H21N3O/c1-14(9-6-10-15-14)13(18)16-11-7-4-5-8-12(11)17(2)3/h4-5,7-8,15H,6,9-10H2,1-3H3,(H,16,18). The molecule has 1 fully saturated rings. The van der Waals surface area contributed by atoms with Gasteiger partial charge >= 0.3 is 0 Å². The van der Waals surface area contributed by atoms with Gasteiger partial charge < -0.3 is 15.5 Å². The minimum absolute atomic E-state index is 0.0503. The molecule has 1 aliphatic heterocycles. The molecule has 1 unspecified atom stereocenters. The summed E-state index contributed by atoms with van der Waals surface area (Å²) >= 11 is 0. The fourth-order valence-electron chi connectivity index (χ4n) is 2.32. The first-order chi connectivity index (χ1) is 8.53. The molecule has 1 aromatic rings. The Balaban J connectivity index is 2.16.